The topological polar surface area (TPSA) is 45.7 Å². The van der Waals surface area contributed by atoms with E-state index in [1.807, 2.05) is 24.3 Å². The maximum absolute atomic E-state index is 5.90. The Kier molecular flexibility index (Phi) is 5.99. The number of hydrogen-bond donors (Lipinski definition) is 2. The zero-order valence-electron chi connectivity index (χ0n) is 11.9. The van der Waals surface area contributed by atoms with Crippen LogP contribution in [0.15, 0.2) is 29.3 Å². The van der Waals surface area contributed by atoms with Crippen LogP contribution in [0.1, 0.15) is 25.7 Å². The van der Waals surface area contributed by atoms with Gasteiger partial charge in [-0.15, -0.1) is 0 Å². The van der Waals surface area contributed by atoms with Crippen LogP contribution in [0, 0.1) is 0 Å². The molecule has 1 fully saturated rings. The molecule has 1 aliphatic carbocycles. The Balaban J connectivity index is 1.66. The van der Waals surface area contributed by atoms with Crippen molar-refractivity contribution in [2.45, 2.75) is 31.7 Å². The highest BCUT2D eigenvalue weighted by Gasteiger charge is 2.15. The molecule has 0 spiro atoms. The van der Waals surface area contributed by atoms with Gasteiger partial charge in [0.05, 0.1) is 6.54 Å². The fraction of sp³-hybridized carbons (Fsp3) is 0.533. The first kappa shape index (κ1) is 15.0. The lowest BCUT2D eigenvalue weighted by atomic mass is 10.2. The average Bonchev–Trinajstić information content (AvgIpc) is 2.95. The second-order valence-electron chi connectivity index (χ2n) is 4.93. The van der Waals surface area contributed by atoms with Gasteiger partial charge in [0.2, 0.25) is 0 Å². The van der Waals surface area contributed by atoms with Crippen LogP contribution in [-0.2, 0) is 0 Å². The lowest BCUT2D eigenvalue weighted by molar-refractivity contribution is 0.321. The molecule has 0 bridgehead atoms. The standard InChI is InChI=1S/C15H22ClN3O/c1-17-15(19-13-6-2-3-7-13)18-9-10-20-14-8-4-5-12(16)11-14/h4-5,8,11,13H,2-3,6-7,9-10H2,1H3,(H2,17,18,19). The van der Waals surface area contributed by atoms with E-state index in [0.717, 1.165) is 11.7 Å². The maximum atomic E-state index is 5.90. The highest BCUT2D eigenvalue weighted by molar-refractivity contribution is 6.30. The molecular formula is C15H22ClN3O. The average molecular weight is 296 g/mol. The van der Waals surface area contributed by atoms with Gasteiger partial charge in [-0.25, -0.2) is 0 Å². The summed E-state index contributed by atoms with van der Waals surface area (Å²) in [6, 6.07) is 7.99. The highest BCUT2D eigenvalue weighted by atomic mass is 35.5. The first-order valence-corrected chi connectivity index (χ1v) is 7.51. The predicted molar refractivity (Wildman–Crippen MR) is 83.7 cm³/mol. The zero-order valence-corrected chi connectivity index (χ0v) is 12.6. The molecular weight excluding hydrogens is 274 g/mol. The Labute approximate surface area is 125 Å². The number of benzene rings is 1. The first-order chi connectivity index (χ1) is 9.78. The van der Waals surface area contributed by atoms with E-state index in [0.29, 0.717) is 24.2 Å². The van der Waals surface area contributed by atoms with E-state index >= 15 is 0 Å². The summed E-state index contributed by atoms with van der Waals surface area (Å²) in [4.78, 5) is 4.23. The molecule has 1 aromatic carbocycles. The van der Waals surface area contributed by atoms with Gasteiger partial charge in [0.25, 0.3) is 0 Å². The summed E-state index contributed by atoms with van der Waals surface area (Å²) in [5, 5.41) is 7.39. The van der Waals surface area contributed by atoms with E-state index in [-0.39, 0.29) is 0 Å². The lowest BCUT2D eigenvalue weighted by Gasteiger charge is -2.17. The van der Waals surface area contributed by atoms with E-state index in [1.165, 1.54) is 25.7 Å². The number of halogens is 1. The molecule has 2 N–H and O–H groups in total. The molecule has 2 rings (SSSR count). The molecule has 0 atom stereocenters. The van der Waals surface area contributed by atoms with Gasteiger partial charge in [0.15, 0.2) is 5.96 Å². The first-order valence-electron chi connectivity index (χ1n) is 7.13. The highest BCUT2D eigenvalue weighted by Crippen LogP contribution is 2.17. The van der Waals surface area contributed by atoms with Crippen LogP contribution in [0.2, 0.25) is 5.02 Å². The molecule has 0 unspecified atom stereocenters. The summed E-state index contributed by atoms with van der Waals surface area (Å²) in [7, 11) is 1.79. The number of nitrogens with zero attached hydrogens (tertiary/aromatic N) is 1. The van der Waals surface area contributed by atoms with Crippen LogP contribution in [0.3, 0.4) is 0 Å². The largest absolute Gasteiger partial charge is 0.492 e. The van der Waals surface area contributed by atoms with E-state index < -0.39 is 0 Å². The molecule has 4 nitrogen and oxygen atoms in total. The van der Waals surface area contributed by atoms with E-state index in [4.69, 9.17) is 16.3 Å². The third-order valence-electron chi connectivity index (χ3n) is 3.38. The molecule has 0 saturated heterocycles. The van der Waals surface area contributed by atoms with Crippen LogP contribution in [0.4, 0.5) is 0 Å². The molecule has 0 radical (unpaired) electrons. The minimum Gasteiger partial charge on any atom is -0.492 e. The summed E-state index contributed by atoms with van der Waals surface area (Å²) in [6.45, 7) is 1.28. The number of rotatable bonds is 5. The van der Waals surface area contributed by atoms with Crippen molar-refractivity contribution in [2.75, 3.05) is 20.2 Å². The van der Waals surface area contributed by atoms with Crippen molar-refractivity contribution in [3.8, 4) is 5.75 Å². The lowest BCUT2D eigenvalue weighted by Crippen LogP contribution is -2.43. The number of guanidine groups is 1. The van der Waals surface area contributed by atoms with Crippen molar-refractivity contribution in [3.63, 3.8) is 0 Å². The predicted octanol–water partition coefficient (Wildman–Crippen LogP) is 2.83. The molecule has 110 valence electrons. The number of nitrogens with one attached hydrogen (secondary N) is 2. The van der Waals surface area contributed by atoms with Gasteiger partial charge in [-0.05, 0) is 31.0 Å². The SMILES string of the molecule is CN=C(NCCOc1cccc(Cl)c1)NC1CCCC1. The molecule has 20 heavy (non-hydrogen) atoms. The summed E-state index contributed by atoms with van der Waals surface area (Å²) in [5.74, 6) is 1.64. The fourth-order valence-corrected chi connectivity index (χ4v) is 2.53. The van der Waals surface area contributed by atoms with Gasteiger partial charge in [-0.3, -0.25) is 4.99 Å². The van der Waals surface area contributed by atoms with Gasteiger partial charge < -0.3 is 15.4 Å². The van der Waals surface area contributed by atoms with Crippen LogP contribution >= 0.6 is 11.6 Å². The second kappa shape index (κ2) is 8.00. The third kappa shape index (κ3) is 4.93. The van der Waals surface area contributed by atoms with E-state index in [2.05, 4.69) is 15.6 Å². The van der Waals surface area contributed by atoms with Gasteiger partial charge in [-0.1, -0.05) is 30.5 Å². The van der Waals surface area contributed by atoms with Gasteiger partial charge in [0.1, 0.15) is 12.4 Å². The quantitative estimate of drug-likeness (QED) is 0.499. The van der Waals surface area contributed by atoms with Crippen molar-refractivity contribution in [2.24, 2.45) is 4.99 Å². The van der Waals surface area contributed by atoms with Crippen molar-refractivity contribution < 1.29 is 4.74 Å². The van der Waals surface area contributed by atoms with Crippen molar-refractivity contribution in [1.82, 2.24) is 10.6 Å². The minimum absolute atomic E-state index is 0.565. The summed E-state index contributed by atoms with van der Waals surface area (Å²) in [6.07, 6.45) is 5.10. The number of aliphatic imine (C=N–C) groups is 1. The van der Waals surface area contributed by atoms with Gasteiger partial charge in [-0.2, -0.15) is 0 Å². The van der Waals surface area contributed by atoms with Crippen molar-refractivity contribution >= 4 is 17.6 Å². The maximum Gasteiger partial charge on any atom is 0.191 e. The van der Waals surface area contributed by atoms with Crippen LogP contribution in [0.25, 0.3) is 0 Å². The third-order valence-corrected chi connectivity index (χ3v) is 3.61. The minimum atomic E-state index is 0.565. The van der Waals surface area contributed by atoms with E-state index in [1.54, 1.807) is 7.05 Å². The Hall–Kier alpha value is -1.42. The molecule has 0 amide bonds. The smallest absolute Gasteiger partial charge is 0.191 e. The molecule has 0 aromatic heterocycles. The van der Waals surface area contributed by atoms with Crippen LogP contribution in [-0.4, -0.2) is 32.2 Å². The summed E-state index contributed by atoms with van der Waals surface area (Å²) < 4.78 is 5.62. The van der Waals surface area contributed by atoms with Crippen molar-refractivity contribution in [1.29, 1.82) is 0 Å². The fourth-order valence-electron chi connectivity index (χ4n) is 2.35. The molecule has 5 heteroatoms. The summed E-state index contributed by atoms with van der Waals surface area (Å²) >= 11 is 5.90. The number of hydrogen-bond acceptors (Lipinski definition) is 2. The molecule has 1 saturated carbocycles. The zero-order chi connectivity index (χ0) is 14.2. The normalized spacial score (nSPS) is 16.2. The summed E-state index contributed by atoms with van der Waals surface area (Å²) in [5.41, 5.74) is 0. The Morgan fingerprint density at radius 1 is 1.40 bits per heavy atom. The van der Waals surface area contributed by atoms with Gasteiger partial charge in [0, 0.05) is 18.1 Å². The van der Waals surface area contributed by atoms with E-state index in [9.17, 15) is 0 Å². The molecule has 0 heterocycles. The number of ether oxygens (including phenoxy) is 1. The van der Waals surface area contributed by atoms with Crippen LogP contribution < -0.4 is 15.4 Å². The molecule has 0 aliphatic heterocycles. The monoisotopic (exact) mass is 295 g/mol. The van der Waals surface area contributed by atoms with Crippen molar-refractivity contribution in [3.05, 3.63) is 29.3 Å². The molecule has 1 aromatic rings. The molecule has 1 aliphatic rings. The Morgan fingerprint density at radius 3 is 2.90 bits per heavy atom. The van der Waals surface area contributed by atoms with Crippen LogP contribution in [0.5, 0.6) is 5.75 Å². The van der Waals surface area contributed by atoms with Gasteiger partial charge >= 0.3 is 0 Å². The Morgan fingerprint density at radius 2 is 2.20 bits per heavy atom. The Bertz CT molecular complexity index is 444. The second-order valence-corrected chi connectivity index (χ2v) is 5.37.